The zero-order valence-electron chi connectivity index (χ0n) is 12.3. The third-order valence-corrected chi connectivity index (χ3v) is 4.60. The molecule has 2 heterocycles. The number of nitrogens with one attached hydrogen (secondary N) is 1. The molecule has 0 aromatic heterocycles. The van der Waals surface area contributed by atoms with E-state index < -0.39 is 0 Å². The average Bonchev–Trinajstić information content (AvgIpc) is 2.39. The first-order valence-electron chi connectivity index (χ1n) is 7.91. The predicted octanol–water partition coefficient (Wildman–Crippen LogP) is 1.93. The van der Waals surface area contributed by atoms with Crippen LogP contribution < -0.4 is 5.32 Å². The van der Waals surface area contributed by atoms with E-state index in [2.05, 4.69) is 29.1 Å². The van der Waals surface area contributed by atoms with Crippen molar-refractivity contribution in [1.82, 2.24) is 15.1 Å². The highest BCUT2D eigenvalue weighted by molar-refractivity contribution is 4.79. The lowest BCUT2D eigenvalue weighted by atomic mass is 10.0. The molecule has 3 heteroatoms. The van der Waals surface area contributed by atoms with E-state index in [1.807, 2.05) is 0 Å². The highest BCUT2D eigenvalue weighted by Crippen LogP contribution is 2.14. The first-order valence-corrected chi connectivity index (χ1v) is 7.91. The first kappa shape index (κ1) is 14.3. The fourth-order valence-corrected chi connectivity index (χ4v) is 3.33. The Morgan fingerprint density at radius 3 is 2.50 bits per heavy atom. The van der Waals surface area contributed by atoms with Crippen molar-refractivity contribution in [3.05, 3.63) is 0 Å². The summed E-state index contributed by atoms with van der Waals surface area (Å²) in [5, 5.41) is 3.75. The van der Waals surface area contributed by atoms with Gasteiger partial charge in [0.25, 0.3) is 0 Å². The van der Waals surface area contributed by atoms with Crippen molar-refractivity contribution >= 4 is 0 Å². The van der Waals surface area contributed by atoms with E-state index in [1.54, 1.807) is 0 Å². The van der Waals surface area contributed by atoms with Gasteiger partial charge in [0.2, 0.25) is 0 Å². The summed E-state index contributed by atoms with van der Waals surface area (Å²) in [4.78, 5) is 5.16. The maximum Gasteiger partial charge on any atom is 0.0217 e. The molecule has 2 rings (SSSR count). The highest BCUT2D eigenvalue weighted by Gasteiger charge is 2.19. The van der Waals surface area contributed by atoms with Crippen LogP contribution in [0, 0.1) is 0 Å². The Bertz CT molecular complexity index is 226. The molecular weight excluding hydrogens is 222 g/mol. The van der Waals surface area contributed by atoms with E-state index in [-0.39, 0.29) is 0 Å². The molecule has 2 aliphatic rings. The Kier molecular flexibility index (Phi) is 5.93. The quantitative estimate of drug-likeness (QED) is 0.808. The van der Waals surface area contributed by atoms with Crippen LogP contribution in [0.3, 0.4) is 0 Å². The van der Waals surface area contributed by atoms with E-state index in [4.69, 9.17) is 0 Å². The number of rotatable bonds is 5. The van der Waals surface area contributed by atoms with Gasteiger partial charge in [0.05, 0.1) is 0 Å². The minimum atomic E-state index is 0.637. The van der Waals surface area contributed by atoms with E-state index in [9.17, 15) is 0 Å². The topological polar surface area (TPSA) is 18.5 Å². The van der Waals surface area contributed by atoms with Gasteiger partial charge in [-0.3, -0.25) is 0 Å². The fraction of sp³-hybridized carbons (Fsp3) is 1.00. The molecular formula is C15H31N3. The molecule has 0 amide bonds. The second kappa shape index (κ2) is 7.46. The van der Waals surface area contributed by atoms with Crippen molar-refractivity contribution in [3.8, 4) is 0 Å². The zero-order valence-corrected chi connectivity index (χ0v) is 12.3. The lowest BCUT2D eigenvalue weighted by Gasteiger charge is -2.34. The van der Waals surface area contributed by atoms with Gasteiger partial charge in [-0.2, -0.15) is 0 Å². The smallest absolute Gasteiger partial charge is 0.0217 e. The van der Waals surface area contributed by atoms with Gasteiger partial charge in [-0.1, -0.05) is 12.8 Å². The van der Waals surface area contributed by atoms with Gasteiger partial charge in [0.1, 0.15) is 0 Å². The zero-order chi connectivity index (χ0) is 12.8. The van der Waals surface area contributed by atoms with Gasteiger partial charge in [-0.05, 0) is 59.3 Å². The summed E-state index contributed by atoms with van der Waals surface area (Å²) < 4.78 is 0. The largest absolute Gasteiger partial charge is 0.311 e. The summed E-state index contributed by atoms with van der Waals surface area (Å²) in [5.41, 5.74) is 0. The standard InChI is InChI=1S/C15H31N3/c1-14(13-18-10-5-3-6-11-18)16-12-15-8-4-7-9-17(15)2/h14-16H,3-13H2,1-2H3. The average molecular weight is 253 g/mol. The third kappa shape index (κ3) is 4.52. The number of hydrogen-bond acceptors (Lipinski definition) is 3. The SMILES string of the molecule is CC(CN1CCCCC1)NCC1CCCCN1C. The van der Waals surface area contributed by atoms with Crippen LogP contribution >= 0.6 is 0 Å². The molecule has 0 saturated carbocycles. The van der Waals surface area contributed by atoms with Crippen molar-refractivity contribution < 1.29 is 0 Å². The molecule has 18 heavy (non-hydrogen) atoms. The molecule has 0 aromatic rings. The van der Waals surface area contributed by atoms with Crippen LogP contribution in [0.2, 0.25) is 0 Å². The van der Waals surface area contributed by atoms with Gasteiger partial charge in [0.15, 0.2) is 0 Å². The van der Waals surface area contributed by atoms with Crippen LogP contribution in [0.25, 0.3) is 0 Å². The van der Waals surface area contributed by atoms with E-state index >= 15 is 0 Å². The Morgan fingerprint density at radius 1 is 1.06 bits per heavy atom. The van der Waals surface area contributed by atoms with Crippen molar-refractivity contribution in [1.29, 1.82) is 0 Å². The summed E-state index contributed by atoms with van der Waals surface area (Å²) in [6.45, 7) is 8.66. The number of piperidine rings is 2. The molecule has 2 atom stereocenters. The number of likely N-dealkylation sites (N-methyl/N-ethyl adjacent to an activating group) is 1. The summed E-state index contributed by atoms with van der Waals surface area (Å²) in [5.74, 6) is 0. The Balaban J connectivity index is 1.62. The second-order valence-electron chi connectivity index (χ2n) is 6.30. The summed E-state index contributed by atoms with van der Waals surface area (Å²) in [7, 11) is 2.28. The molecule has 1 N–H and O–H groups in total. The van der Waals surface area contributed by atoms with Gasteiger partial charge in [-0.15, -0.1) is 0 Å². The molecule has 3 nitrogen and oxygen atoms in total. The van der Waals surface area contributed by atoms with Crippen LogP contribution in [0.15, 0.2) is 0 Å². The second-order valence-corrected chi connectivity index (χ2v) is 6.30. The molecule has 106 valence electrons. The number of likely N-dealkylation sites (tertiary alicyclic amines) is 2. The van der Waals surface area contributed by atoms with Crippen LogP contribution in [-0.4, -0.2) is 61.7 Å². The lowest BCUT2D eigenvalue weighted by molar-refractivity contribution is 0.167. The predicted molar refractivity (Wildman–Crippen MR) is 78.0 cm³/mol. The van der Waals surface area contributed by atoms with Crippen LogP contribution in [-0.2, 0) is 0 Å². The summed E-state index contributed by atoms with van der Waals surface area (Å²) in [6.07, 6.45) is 8.41. The normalized spacial score (nSPS) is 29.3. The van der Waals surface area contributed by atoms with E-state index in [0.717, 1.165) is 6.04 Å². The van der Waals surface area contributed by atoms with Gasteiger partial charge >= 0.3 is 0 Å². The molecule has 0 bridgehead atoms. The molecule has 0 spiro atoms. The lowest BCUT2D eigenvalue weighted by Crippen LogP contribution is -2.48. The number of nitrogens with zero attached hydrogens (tertiary/aromatic N) is 2. The maximum atomic E-state index is 3.75. The Labute approximate surface area is 113 Å². The first-order chi connectivity index (χ1) is 8.75. The van der Waals surface area contributed by atoms with Gasteiger partial charge < -0.3 is 15.1 Å². The fourth-order valence-electron chi connectivity index (χ4n) is 3.33. The Morgan fingerprint density at radius 2 is 1.78 bits per heavy atom. The van der Waals surface area contributed by atoms with Crippen molar-refractivity contribution in [2.75, 3.05) is 39.8 Å². The van der Waals surface area contributed by atoms with Crippen LogP contribution in [0.5, 0.6) is 0 Å². The maximum absolute atomic E-state index is 3.75. The molecule has 0 radical (unpaired) electrons. The van der Waals surface area contributed by atoms with Crippen LogP contribution in [0.1, 0.15) is 45.4 Å². The van der Waals surface area contributed by atoms with E-state index in [1.165, 1.54) is 71.2 Å². The van der Waals surface area contributed by atoms with Gasteiger partial charge in [0, 0.05) is 25.2 Å². The molecule has 2 aliphatic heterocycles. The summed E-state index contributed by atoms with van der Waals surface area (Å²) in [6, 6.07) is 1.40. The molecule has 2 unspecified atom stereocenters. The number of hydrogen-bond donors (Lipinski definition) is 1. The molecule has 0 aromatic carbocycles. The molecule has 0 aliphatic carbocycles. The monoisotopic (exact) mass is 253 g/mol. The van der Waals surface area contributed by atoms with E-state index in [0.29, 0.717) is 6.04 Å². The minimum absolute atomic E-state index is 0.637. The van der Waals surface area contributed by atoms with Crippen LogP contribution in [0.4, 0.5) is 0 Å². The Hall–Kier alpha value is -0.120. The van der Waals surface area contributed by atoms with Crippen molar-refractivity contribution in [2.45, 2.75) is 57.5 Å². The van der Waals surface area contributed by atoms with Gasteiger partial charge in [-0.25, -0.2) is 0 Å². The highest BCUT2D eigenvalue weighted by atomic mass is 15.2. The van der Waals surface area contributed by atoms with Crippen molar-refractivity contribution in [2.24, 2.45) is 0 Å². The third-order valence-electron chi connectivity index (χ3n) is 4.60. The molecule has 2 saturated heterocycles. The summed E-state index contributed by atoms with van der Waals surface area (Å²) >= 11 is 0. The minimum Gasteiger partial charge on any atom is -0.311 e. The molecule has 2 fully saturated rings. The van der Waals surface area contributed by atoms with Crippen molar-refractivity contribution in [3.63, 3.8) is 0 Å².